The fourth-order valence-corrected chi connectivity index (χ4v) is 3.63. The van der Waals surface area contributed by atoms with E-state index in [1.165, 1.54) is 34.6 Å². The van der Waals surface area contributed by atoms with Gasteiger partial charge in [0, 0.05) is 24.9 Å². The Labute approximate surface area is 246 Å². The molecule has 0 rings (SSSR count). The molecule has 0 spiro atoms. The molecular formula is C27H47N3O12. The SMILES string of the molecule is CC(=O)COCCOCCNC(=O)COCCOCCNC(=O)CC[C@H](NC(=O)C(C)(C)CC(C)(C)C(=O)O)C(=O)O. The molecule has 0 aromatic carbocycles. The molecule has 0 radical (unpaired) electrons. The fraction of sp³-hybridized carbons (Fsp3) is 0.778. The molecule has 0 saturated heterocycles. The molecule has 0 unspecified atom stereocenters. The van der Waals surface area contributed by atoms with Crippen LogP contribution in [0.2, 0.25) is 0 Å². The lowest BCUT2D eigenvalue weighted by molar-refractivity contribution is -0.151. The van der Waals surface area contributed by atoms with Crippen LogP contribution in [-0.2, 0) is 47.7 Å². The van der Waals surface area contributed by atoms with Gasteiger partial charge in [0.2, 0.25) is 17.7 Å². The monoisotopic (exact) mass is 605 g/mol. The van der Waals surface area contributed by atoms with Crippen molar-refractivity contribution in [3.63, 3.8) is 0 Å². The maximum Gasteiger partial charge on any atom is 0.326 e. The highest BCUT2D eigenvalue weighted by Crippen LogP contribution is 2.34. The average Bonchev–Trinajstić information content (AvgIpc) is 2.88. The van der Waals surface area contributed by atoms with Crippen molar-refractivity contribution in [2.24, 2.45) is 10.8 Å². The zero-order valence-corrected chi connectivity index (χ0v) is 25.2. The first-order chi connectivity index (χ1) is 19.6. The lowest BCUT2D eigenvalue weighted by Gasteiger charge is -2.32. The Kier molecular flexibility index (Phi) is 19.1. The van der Waals surface area contributed by atoms with E-state index in [1.807, 2.05) is 0 Å². The number of rotatable bonds is 25. The number of hydrogen-bond acceptors (Lipinski definition) is 10. The van der Waals surface area contributed by atoms with E-state index in [-0.39, 0.29) is 70.5 Å². The maximum atomic E-state index is 12.7. The van der Waals surface area contributed by atoms with Crippen LogP contribution >= 0.6 is 0 Å². The van der Waals surface area contributed by atoms with Crippen LogP contribution in [0.15, 0.2) is 0 Å². The molecule has 3 amide bonds. The molecule has 0 aliphatic carbocycles. The third-order valence-corrected chi connectivity index (χ3v) is 5.76. The predicted molar refractivity (Wildman–Crippen MR) is 149 cm³/mol. The number of carboxylic acids is 2. The molecule has 0 aromatic heterocycles. The van der Waals surface area contributed by atoms with Crippen molar-refractivity contribution in [1.29, 1.82) is 0 Å². The summed E-state index contributed by atoms with van der Waals surface area (Å²) in [6.07, 6.45) is -0.317. The summed E-state index contributed by atoms with van der Waals surface area (Å²) in [6, 6.07) is -1.31. The number of carbonyl (C=O) groups excluding carboxylic acids is 4. The number of ketones is 1. The second kappa shape index (κ2) is 20.7. The molecule has 15 heteroatoms. The molecule has 42 heavy (non-hydrogen) atoms. The zero-order chi connectivity index (χ0) is 32.2. The number of Topliss-reactive ketones (excluding diaryl/α,β-unsaturated/α-hetero) is 1. The van der Waals surface area contributed by atoms with Crippen LogP contribution in [0.1, 0.15) is 53.9 Å². The number of ether oxygens (including phenoxy) is 4. The number of hydrogen-bond donors (Lipinski definition) is 5. The molecule has 0 aliphatic heterocycles. The van der Waals surface area contributed by atoms with Gasteiger partial charge in [-0.05, 0) is 33.6 Å². The highest BCUT2D eigenvalue weighted by Gasteiger charge is 2.40. The van der Waals surface area contributed by atoms with E-state index in [2.05, 4.69) is 16.0 Å². The molecule has 0 bridgehead atoms. The molecule has 15 nitrogen and oxygen atoms in total. The minimum absolute atomic E-state index is 0.0103. The Bertz CT molecular complexity index is 892. The zero-order valence-electron chi connectivity index (χ0n) is 25.2. The molecule has 0 aromatic rings. The molecule has 0 heterocycles. The Hall–Kier alpha value is -3.14. The number of nitrogens with one attached hydrogen (secondary N) is 3. The summed E-state index contributed by atoms with van der Waals surface area (Å²) in [5.74, 6) is -3.80. The third kappa shape index (κ3) is 19.1. The van der Waals surface area contributed by atoms with Crippen LogP contribution in [0, 0.1) is 10.8 Å². The van der Waals surface area contributed by atoms with Gasteiger partial charge in [0.05, 0.1) is 45.1 Å². The van der Waals surface area contributed by atoms with Gasteiger partial charge in [-0.3, -0.25) is 24.0 Å². The van der Waals surface area contributed by atoms with E-state index in [9.17, 15) is 39.0 Å². The van der Waals surface area contributed by atoms with Gasteiger partial charge in [0.1, 0.15) is 19.3 Å². The van der Waals surface area contributed by atoms with Gasteiger partial charge in [-0.2, -0.15) is 0 Å². The van der Waals surface area contributed by atoms with Crippen molar-refractivity contribution in [3.05, 3.63) is 0 Å². The van der Waals surface area contributed by atoms with Gasteiger partial charge in [0.15, 0.2) is 5.78 Å². The van der Waals surface area contributed by atoms with Crippen molar-refractivity contribution in [2.45, 2.75) is 59.9 Å². The summed E-state index contributed by atoms with van der Waals surface area (Å²) in [5, 5.41) is 26.4. The number of carbonyl (C=O) groups is 6. The van der Waals surface area contributed by atoms with Crippen LogP contribution in [0.25, 0.3) is 0 Å². The number of aliphatic carboxylic acids is 2. The predicted octanol–water partition coefficient (Wildman–Crippen LogP) is -0.249. The molecule has 242 valence electrons. The van der Waals surface area contributed by atoms with Crippen molar-refractivity contribution in [3.8, 4) is 0 Å². The first-order valence-electron chi connectivity index (χ1n) is 13.7. The minimum atomic E-state index is -1.31. The lowest BCUT2D eigenvalue weighted by atomic mass is 9.74. The van der Waals surface area contributed by atoms with Crippen LogP contribution in [0.3, 0.4) is 0 Å². The van der Waals surface area contributed by atoms with Gasteiger partial charge in [-0.25, -0.2) is 4.79 Å². The first-order valence-corrected chi connectivity index (χ1v) is 13.7. The number of amides is 3. The van der Waals surface area contributed by atoms with Crippen LogP contribution in [0.5, 0.6) is 0 Å². The van der Waals surface area contributed by atoms with Gasteiger partial charge in [-0.1, -0.05) is 13.8 Å². The molecule has 5 N–H and O–H groups in total. The van der Waals surface area contributed by atoms with Gasteiger partial charge >= 0.3 is 11.9 Å². The quantitative estimate of drug-likeness (QED) is 0.0852. The highest BCUT2D eigenvalue weighted by molar-refractivity contribution is 5.88. The Balaban J connectivity index is 4.00. The second-order valence-electron chi connectivity index (χ2n) is 10.9. The molecular weight excluding hydrogens is 558 g/mol. The van der Waals surface area contributed by atoms with E-state index in [1.54, 1.807) is 0 Å². The van der Waals surface area contributed by atoms with E-state index >= 15 is 0 Å². The molecule has 0 aliphatic rings. The summed E-state index contributed by atoms with van der Waals surface area (Å²) < 4.78 is 20.8. The summed E-state index contributed by atoms with van der Waals surface area (Å²) in [7, 11) is 0. The normalized spacial score (nSPS) is 12.3. The topological polar surface area (TPSA) is 216 Å². The van der Waals surface area contributed by atoms with Gasteiger partial charge in [0.25, 0.3) is 0 Å². The van der Waals surface area contributed by atoms with E-state index < -0.39 is 40.6 Å². The molecule has 1 atom stereocenters. The van der Waals surface area contributed by atoms with Crippen molar-refractivity contribution < 1.29 is 57.9 Å². The van der Waals surface area contributed by atoms with Crippen LogP contribution in [-0.4, -0.2) is 118 Å². The largest absolute Gasteiger partial charge is 0.481 e. The van der Waals surface area contributed by atoms with Crippen molar-refractivity contribution in [1.82, 2.24) is 16.0 Å². The van der Waals surface area contributed by atoms with Gasteiger partial charge < -0.3 is 45.1 Å². The van der Waals surface area contributed by atoms with E-state index in [4.69, 9.17) is 18.9 Å². The third-order valence-electron chi connectivity index (χ3n) is 5.76. The summed E-state index contributed by atoms with van der Waals surface area (Å²) >= 11 is 0. The Morgan fingerprint density at radius 1 is 0.690 bits per heavy atom. The van der Waals surface area contributed by atoms with E-state index in [0.29, 0.717) is 26.4 Å². The van der Waals surface area contributed by atoms with Gasteiger partial charge in [-0.15, -0.1) is 0 Å². The van der Waals surface area contributed by atoms with Crippen molar-refractivity contribution >= 4 is 35.4 Å². The van der Waals surface area contributed by atoms with E-state index in [0.717, 1.165) is 0 Å². The standard InChI is InChI=1S/C27H47N3O12/c1-19(31)16-41-14-12-40-11-9-29-22(33)17-42-15-13-39-10-8-28-21(32)7-6-20(23(34)35)30-24(36)26(2,3)18-27(4,5)25(37)38/h20H,6-18H2,1-5H3,(H,28,32)(H,29,33)(H,30,36)(H,34,35)(H,37,38)/t20-/m0/s1. The molecule has 0 saturated carbocycles. The van der Waals surface area contributed by atoms with Crippen LogP contribution < -0.4 is 16.0 Å². The second-order valence-corrected chi connectivity index (χ2v) is 10.9. The lowest BCUT2D eigenvalue weighted by Crippen LogP contribution is -2.48. The van der Waals surface area contributed by atoms with Crippen molar-refractivity contribution in [2.75, 3.05) is 65.9 Å². The minimum Gasteiger partial charge on any atom is -0.481 e. The smallest absolute Gasteiger partial charge is 0.326 e. The highest BCUT2D eigenvalue weighted by atomic mass is 16.5. The van der Waals surface area contributed by atoms with Crippen LogP contribution in [0.4, 0.5) is 0 Å². The average molecular weight is 606 g/mol. The maximum absolute atomic E-state index is 12.7. The Morgan fingerprint density at radius 2 is 1.19 bits per heavy atom. The number of carboxylic acid groups (broad SMARTS) is 2. The summed E-state index contributed by atoms with van der Waals surface area (Å²) in [5.41, 5.74) is -2.33. The summed E-state index contributed by atoms with van der Waals surface area (Å²) in [6.45, 7) is 9.25. The fourth-order valence-electron chi connectivity index (χ4n) is 3.63. The molecule has 0 fully saturated rings. The Morgan fingerprint density at radius 3 is 1.69 bits per heavy atom. The summed E-state index contributed by atoms with van der Waals surface area (Å²) in [4.78, 5) is 70.1. The first kappa shape index (κ1) is 38.9.